The fourth-order valence-electron chi connectivity index (χ4n) is 1.38. The molecule has 0 aliphatic carbocycles. The second-order valence-electron chi connectivity index (χ2n) is 3.35. The van der Waals surface area contributed by atoms with E-state index in [1.165, 1.54) is 0 Å². The molecule has 4 N–H and O–H groups in total. The highest BCUT2D eigenvalue weighted by molar-refractivity contribution is 5.62. The van der Waals surface area contributed by atoms with Crippen LogP contribution in [0.4, 0.5) is 11.4 Å². The zero-order valence-electron chi connectivity index (χ0n) is 8.57. The van der Waals surface area contributed by atoms with Crippen molar-refractivity contribution >= 4 is 11.4 Å². The van der Waals surface area contributed by atoms with Crippen LogP contribution in [0.15, 0.2) is 30.5 Å². The highest BCUT2D eigenvalue weighted by Crippen LogP contribution is 2.18. The summed E-state index contributed by atoms with van der Waals surface area (Å²) in [5, 5.41) is 18.8. The summed E-state index contributed by atoms with van der Waals surface area (Å²) in [6, 6.07) is 9.17. The van der Waals surface area contributed by atoms with E-state index in [1.807, 2.05) is 6.07 Å². The van der Waals surface area contributed by atoms with E-state index >= 15 is 0 Å². The molecule has 2 rings (SSSR count). The number of aromatic amines is 1. The SMILES string of the molecule is N#Cc1cc(N)ccc1NCc1ccn[nH]1. The van der Waals surface area contributed by atoms with Crippen molar-refractivity contribution in [3.05, 3.63) is 41.7 Å². The molecule has 0 radical (unpaired) electrons. The third-order valence-corrected chi connectivity index (χ3v) is 2.19. The number of aromatic nitrogens is 2. The molecule has 0 saturated heterocycles. The lowest BCUT2D eigenvalue weighted by Crippen LogP contribution is -2.02. The Labute approximate surface area is 92.9 Å². The Hall–Kier alpha value is -2.48. The zero-order chi connectivity index (χ0) is 11.4. The van der Waals surface area contributed by atoms with E-state index in [0.717, 1.165) is 11.4 Å². The Morgan fingerprint density at radius 1 is 1.44 bits per heavy atom. The largest absolute Gasteiger partial charge is 0.399 e. The molecule has 2 aromatic rings. The van der Waals surface area contributed by atoms with Crippen LogP contribution in [0.25, 0.3) is 0 Å². The molecule has 16 heavy (non-hydrogen) atoms. The molecule has 0 saturated carbocycles. The number of nitrogen functional groups attached to an aromatic ring is 1. The van der Waals surface area contributed by atoms with Crippen LogP contribution in [0.5, 0.6) is 0 Å². The van der Waals surface area contributed by atoms with Gasteiger partial charge in [0, 0.05) is 11.9 Å². The van der Waals surface area contributed by atoms with Gasteiger partial charge in [0.25, 0.3) is 0 Å². The topological polar surface area (TPSA) is 90.5 Å². The molecular weight excluding hydrogens is 202 g/mol. The Bertz CT molecular complexity index is 510. The lowest BCUT2D eigenvalue weighted by Gasteiger charge is -2.07. The van der Waals surface area contributed by atoms with Crippen LogP contribution in [0.3, 0.4) is 0 Å². The van der Waals surface area contributed by atoms with Crippen LogP contribution < -0.4 is 11.1 Å². The minimum atomic E-state index is 0.541. The fraction of sp³-hybridized carbons (Fsp3) is 0.0909. The molecule has 0 fully saturated rings. The fourth-order valence-corrected chi connectivity index (χ4v) is 1.38. The number of nitrogens with two attached hydrogens (primary N) is 1. The quantitative estimate of drug-likeness (QED) is 0.673. The molecule has 1 aromatic carbocycles. The average Bonchev–Trinajstić information content (AvgIpc) is 2.80. The summed E-state index contributed by atoms with van der Waals surface area (Å²) in [4.78, 5) is 0. The highest BCUT2D eigenvalue weighted by atomic mass is 15.1. The van der Waals surface area contributed by atoms with Crippen molar-refractivity contribution in [2.45, 2.75) is 6.54 Å². The van der Waals surface area contributed by atoms with Crippen LogP contribution in [0.1, 0.15) is 11.3 Å². The van der Waals surface area contributed by atoms with Gasteiger partial charge in [0.1, 0.15) is 6.07 Å². The summed E-state index contributed by atoms with van der Waals surface area (Å²) in [7, 11) is 0. The number of nitrogens with zero attached hydrogens (tertiary/aromatic N) is 2. The summed E-state index contributed by atoms with van der Waals surface area (Å²) in [5.41, 5.74) is 8.46. The summed E-state index contributed by atoms with van der Waals surface area (Å²) in [5.74, 6) is 0. The molecule has 0 bridgehead atoms. The van der Waals surface area contributed by atoms with Crippen molar-refractivity contribution in [3.8, 4) is 6.07 Å². The Morgan fingerprint density at radius 2 is 2.31 bits per heavy atom. The minimum absolute atomic E-state index is 0.541. The number of rotatable bonds is 3. The first kappa shape index (κ1) is 10.1. The smallest absolute Gasteiger partial charge is 0.101 e. The van der Waals surface area contributed by atoms with Gasteiger partial charge in [0.15, 0.2) is 0 Å². The van der Waals surface area contributed by atoms with Gasteiger partial charge < -0.3 is 11.1 Å². The molecule has 0 atom stereocenters. The molecule has 5 heteroatoms. The summed E-state index contributed by atoms with van der Waals surface area (Å²) in [6.07, 6.45) is 1.69. The van der Waals surface area contributed by atoms with Crippen LogP contribution in [-0.4, -0.2) is 10.2 Å². The van der Waals surface area contributed by atoms with Crippen molar-refractivity contribution in [2.24, 2.45) is 0 Å². The zero-order valence-corrected chi connectivity index (χ0v) is 8.57. The van der Waals surface area contributed by atoms with E-state index in [2.05, 4.69) is 21.6 Å². The van der Waals surface area contributed by atoms with E-state index in [0.29, 0.717) is 17.8 Å². The maximum Gasteiger partial charge on any atom is 0.101 e. The van der Waals surface area contributed by atoms with Gasteiger partial charge in [0.2, 0.25) is 0 Å². The predicted octanol–water partition coefficient (Wildman–Crippen LogP) is 1.48. The van der Waals surface area contributed by atoms with E-state index in [9.17, 15) is 0 Å². The number of benzene rings is 1. The summed E-state index contributed by atoms with van der Waals surface area (Å²) >= 11 is 0. The Balaban J connectivity index is 2.13. The summed E-state index contributed by atoms with van der Waals surface area (Å²) in [6.45, 7) is 0.596. The number of H-pyrrole nitrogens is 1. The monoisotopic (exact) mass is 213 g/mol. The number of anilines is 2. The molecule has 5 nitrogen and oxygen atoms in total. The minimum Gasteiger partial charge on any atom is -0.399 e. The van der Waals surface area contributed by atoms with Crippen molar-refractivity contribution in [1.82, 2.24) is 10.2 Å². The normalized spacial score (nSPS) is 9.69. The molecule has 80 valence electrons. The third-order valence-electron chi connectivity index (χ3n) is 2.19. The molecule has 0 aliphatic heterocycles. The van der Waals surface area contributed by atoms with Crippen molar-refractivity contribution in [2.75, 3.05) is 11.1 Å². The van der Waals surface area contributed by atoms with Gasteiger partial charge in [-0.15, -0.1) is 0 Å². The maximum atomic E-state index is 8.93. The molecule has 1 aromatic heterocycles. The molecule has 0 amide bonds. The highest BCUT2D eigenvalue weighted by Gasteiger charge is 2.02. The van der Waals surface area contributed by atoms with Crippen LogP contribution in [-0.2, 0) is 6.54 Å². The van der Waals surface area contributed by atoms with Gasteiger partial charge in [-0.05, 0) is 24.3 Å². The van der Waals surface area contributed by atoms with Gasteiger partial charge in [-0.1, -0.05) is 0 Å². The number of nitriles is 1. The van der Waals surface area contributed by atoms with E-state index in [4.69, 9.17) is 11.0 Å². The lowest BCUT2D eigenvalue weighted by molar-refractivity contribution is 0.981. The van der Waals surface area contributed by atoms with Crippen molar-refractivity contribution in [1.29, 1.82) is 5.26 Å². The number of hydrogen-bond acceptors (Lipinski definition) is 4. The first-order chi connectivity index (χ1) is 7.79. The van der Waals surface area contributed by atoms with Crippen LogP contribution >= 0.6 is 0 Å². The maximum absolute atomic E-state index is 8.93. The standard InChI is InChI=1S/C11H11N5/c12-6-8-5-9(13)1-2-11(8)14-7-10-3-4-15-16-10/h1-5,14H,7,13H2,(H,15,16). The van der Waals surface area contributed by atoms with Gasteiger partial charge in [-0.3, -0.25) is 5.10 Å². The van der Waals surface area contributed by atoms with Crippen LogP contribution in [0.2, 0.25) is 0 Å². The molecule has 0 unspecified atom stereocenters. The van der Waals surface area contributed by atoms with E-state index in [1.54, 1.807) is 24.4 Å². The van der Waals surface area contributed by atoms with Gasteiger partial charge in [-0.2, -0.15) is 10.4 Å². The average molecular weight is 213 g/mol. The predicted molar refractivity (Wildman–Crippen MR) is 61.5 cm³/mol. The van der Waals surface area contributed by atoms with E-state index in [-0.39, 0.29) is 0 Å². The molecular formula is C11H11N5. The molecule has 0 aliphatic rings. The van der Waals surface area contributed by atoms with Crippen molar-refractivity contribution in [3.63, 3.8) is 0 Å². The van der Waals surface area contributed by atoms with Crippen molar-refractivity contribution < 1.29 is 0 Å². The van der Waals surface area contributed by atoms with Crippen LogP contribution in [0, 0.1) is 11.3 Å². The number of hydrogen-bond donors (Lipinski definition) is 3. The third kappa shape index (κ3) is 2.12. The lowest BCUT2D eigenvalue weighted by atomic mass is 10.1. The first-order valence-corrected chi connectivity index (χ1v) is 4.81. The Kier molecular flexibility index (Phi) is 2.74. The second-order valence-corrected chi connectivity index (χ2v) is 3.35. The van der Waals surface area contributed by atoms with E-state index < -0.39 is 0 Å². The van der Waals surface area contributed by atoms with Gasteiger partial charge in [-0.25, -0.2) is 0 Å². The Morgan fingerprint density at radius 3 is 3.00 bits per heavy atom. The second kappa shape index (κ2) is 4.36. The summed E-state index contributed by atoms with van der Waals surface area (Å²) < 4.78 is 0. The number of nitrogens with one attached hydrogen (secondary N) is 2. The molecule has 0 spiro atoms. The van der Waals surface area contributed by atoms with Gasteiger partial charge in [0.05, 0.1) is 23.5 Å². The first-order valence-electron chi connectivity index (χ1n) is 4.81. The van der Waals surface area contributed by atoms with Gasteiger partial charge >= 0.3 is 0 Å². The molecule has 1 heterocycles.